The van der Waals surface area contributed by atoms with Crippen LogP contribution in [0.15, 0.2) is 30.3 Å². The average molecular weight is 352 g/mol. The molecular weight excluding hydrogens is 320 g/mol. The van der Waals surface area contributed by atoms with E-state index in [1.807, 2.05) is 38.7 Å². The number of carbonyl (C=O) groups is 2. The molecule has 6 nitrogen and oxygen atoms in total. The molecule has 0 aromatic heterocycles. The molecule has 2 atom stereocenters. The molecule has 0 fully saturated rings. The van der Waals surface area contributed by atoms with E-state index in [1.54, 1.807) is 24.3 Å². The molecule has 0 radical (unpaired) electrons. The number of benzene rings is 1. The van der Waals surface area contributed by atoms with E-state index in [1.165, 1.54) is 0 Å². The molecule has 3 N–H and O–H groups in total. The van der Waals surface area contributed by atoms with Crippen LogP contribution in [0.25, 0.3) is 0 Å². The first-order valence-electron chi connectivity index (χ1n) is 8.99. The molecule has 0 spiro atoms. The van der Waals surface area contributed by atoms with Crippen LogP contribution in [0.4, 0.5) is 0 Å². The molecule has 25 heavy (non-hydrogen) atoms. The van der Waals surface area contributed by atoms with Crippen molar-refractivity contribution >= 4 is 11.9 Å². The molecule has 0 aliphatic rings. The Hall–Kier alpha value is -1.92. The second kappa shape index (κ2) is 13.4. The molecule has 0 aliphatic carbocycles. The SMILES string of the molecule is CC.CCCN(CC)C(O)C(CCC(=O)O)NC(=O)c1ccccc1. The van der Waals surface area contributed by atoms with E-state index in [-0.39, 0.29) is 18.7 Å². The van der Waals surface area contributed by atoms with Crippen LogP contribution in [0.5, 0.6) is 0 Å². The molecule has 1 aromatic carbocycles. The van der Waals surface area contributed by atoms with Gasteiger partial charge in [0, 0.05) is 18.5 Å². The third-order valence-corrected chi connectivity index (χ3v) is 3.67. The van der Waals surface area contributed by atoms with Gasteiger partial charge in [0.05, 0.1) is 6.04 Å². The van der Waals surface area contributed by atoms with Crippen molar-refractivity contribution in [3.05, 3.63) is 35.9 Å². The highest BCUT2D eigenvalue weighted by Crippen LogP contribution is 2.10. The first kappa shape index (κ1) is 23.1. The van der Waals surface area contributed by atoms with Gasteiger partial charge < -0.3 is 15.5 Å². The van der Waals surface area contributed by atoms with Gasteiger partial charge in [0.1, 0.15) is 6.23 Å². The lowest BCUT2D eigenvalue weighted by Crippen LogP contribution is -2.52. The van der Waals surface area contributed by atoms with Crippen molar-refractivity contribution in [3.63, 3.8) is 0 Å². The molecular formula is C19H32N2O4. The lowest BCUT2D eigenvalue weighted by atomic mass is 10.1. The quantitative estimate of drug-likeness (QED) is 0.563. The fourth-order valence-electron chi connectivity index (χ4n) is 2.44. The van der Waals surface area contributed by atoms with Gasteiger partial charge in [0.2, 0.25) is 0 Å². The number of carboxylic acid groups (broad SMARTS) is 1. The summed E-state index contributed by atoms with van der Waals surface area (Å²) in [5.41, 5.74) is 0.485. The van der Waals surface area contributed by atoms with Crippen LogP contribution < -0.4 is 5.32 Å². The highest BCUT2D eigenvalue weighted by Gasteiger charge is 2.26. The average Bonchev–Trinajstić information content (AvgIpc) is 2.64. The molecule has 0 bridgehead atoms. The molecule has 1 aromatic rings. The largest absolute Gasteiger partial charge is 0.481 e. The van der Waals surface area contributed by atoms with Crippen LogP contribution in [0.3, 0.4) is 0 Å². The monoisotopic (exact) mass is 352 g/mol. The first-order chi connectivity index (χ1) is 12.0. The van der Waals surface area contributed by atoms with Gasteiger partial charge in [0.25, 0.3) is 5.91 Å². The maximum Gasteiger partial charge on any atom is 0.303 e. The lowest BCUT2D eigenvalue weighted by Gasteiger charge is -2.32. The summed E-state index contributed by atoms with van der Waals surface area (Å²) in [7, 11) is 0. The zero-order valence-corrected chi connectivity index (χ0v) is 15.7. The fourth-order valence-corrected chi connectivity index (χ4v) is 2.44. The summed E-state index contributed by atoms with van der Waals surface area (Å²) in [4.78, 5) is 25.0. The number of rotatable bonds is 10. The number of aliphatic carboxylic acids is 1. The number of carboxylic acids is 1. The van der Waals surface area contributed by atoms with Gasteiger partial charge in [0.15, 0.2) is 0 Å². The molecule has 6 heteroatoms. The highest BCUT2D eigenvalue weighted by atomic mass is 16.4. The normalized spacial score (nSPS) is 12.7. The van der Waals surface area contributed by atoms with E-state index in [9.17, 15) is 14.7 Å². The molecule has 0 saturated carbocycles. The Kier molecular flexibility index (Phi) is 12.4. The van der Waals surface area contributed by atoms with Crippen LogP contribution in [0.2, 0.25) is 0 Å². The number of aliphatic hydroxyl groups is 1. The highest BCUT2D eigenvalue weighted by molar-refractivity contribution is 5.94. The van der Waals surface area contributed by atoms with Gasteiger partial charge in [-0.2, -0.15) is 0 Å². The van der Waals surface area contributed by atoms with E-state index in [2.05, 4.69) is 5.32 Å². The van der Waals surface area contributed by atoms with Crippen LogP contribution in [-0.2, 0) is 4.79 Å². The fraction of sp³-hybridized carbons (Fsp3) is 0.579. The second-order valence-electron chi connectivity index (χ2n) is 5.42. The Morgan fingerprint density at radius 3 is 2.24 bits per heavy atom. The number of nitrogens with one attached hydrogen (secondary N) is 1. The van der Waals surface area contributed by atoms with Crippen molar-refractivity contribution in [1.29, 1.82) is 0 Å². The molecule has 0 saturated heterocycles. The molecule has 0 heterocycles. The van der Waals surface area contributed by atoms with Crippen molar-refractivity contribution in [1.82, 2.24) is 10.2 Å². The summed E-state index contributed by atoms with van der Waals surface area (Å²) in [5.74, 6) is -1.26. The van der Waals surface area contributed by atoms with Gasteiger partial charge in [-0.3, -0.25) is 14.5 Å². The number of amides is 1. The van der Waals surface area contributed by atoms with E-state index in [0.29, 0.717) is 18.7 Å². The number of nitrogens with zero attached hydrogens (tertiary/aromatic N) is 1. The topological polar surface area (TPSA) is 89.9 Å². The van der Waals surface area contributed by atoms with Gasteiger partial charge in [-0.05, 0) is 31.5 Å². The summed E-state index contributed by atoms with van der Waals surface area (Å²) in [6.07, 6.45) is 0.0193. The van der Waals surface area contributed by atoms with Gasteiger partial charge in [-0.1, -0.05) is 45.9 Å². The summed E-state index contributed by atoms with van der Waals surface area (Å²) in [6.45, 7) is 9.23. The number of hydrogen-bond donors (Lipinski definition) is 3. The summed E-state index contributed by atoms with van der Waals surface area (Å²) < 4.78 is 0. The standard InChI is InChI=1S/C17H26N2O4.C2H6/c1-3-12-19(4-2)17(23)14(10-11-15(20)21)18-16(22)13-8-6-5-7-9-13;1-2/h5-9,14,17,23H,3-4,10-12H2,1-2H3,(H,18,22)(H,20,21);1-2H3. The van der Waals surface area contributed by atoms with Gasteiger partial charge in [-0.25, -0.2) is 0 Å². The predicted molar refractivity (Wildman–Crippen MR) is 99.5 cm³/mol. The molecule has 1 rings (SSSR count). The number of carbonyl (C=O) groups excluding carboxylic acids is 1. The van der Waals surface area contributed by atoms with Gasteiger partial charge >= 0.3 is 5.97 Å². The summed E-state index contributed by atoms with van der Waals surface area (Å²) >= 11 is 0. The molecule has 1 amide bonds. The maximum absolute atomic E-state index is 12.3. The van der Waals surface area contributed by atoms with Crippen LogP contribution in [0, 0.1) is 0 Å². The minimum atomic E-state index is -0.949. The third kappa shape index (κ3) is 8.65. The van der Waals surface area contributed by atoms with E-state index < -0.39 is 18.2 Å². The second-order valence-corrected chi connectivity index (χ2v) is 5.42. The summed E-state index contributed by atoms with van der Waals surface area (Å²) in [5, 5.41) is 22.2. The molecule has 2 unspecified atom stereocenters. The Bertz CT molecular complexity index is 493. The Morgan fingerprint density at radius 2 is 1.76 bits per heavy atom. The van der Waals surface area contributed by atoms with E-state index >= 15 is 0 Å². The smallest absolute Gasteiger partial charge is 0.303 e. The molecule has 142 valence electrons. The Balaban J connectivity index is 0.00000277. The van der Waals surface area contributed by atoms with Crippen molar-refractivity contribution < 1.29 is 19.8 Å². The maximum atomic E-state index is 12.3. The minimum Gasteiger partial charge on any atom is -0.481 e. The van der Waals surface area contributed by atoms with Crippen molar-refractivity contribution in [2.45, 2.75) is 59.2 Å². The number of likely N-dealkylation sites (N-methyl/N-ethyl adjacent to an activating group) is 1. The van der Waals surface area contributed by atoms with Crippen LogP contribution in [0.1, 0.15) is 57.3 Å². The zero-order chi connectivity index (χ0) is 19.2. The minimum absolute atomic E-state index is 0.111. The van der Waals surface area contributed by atoms with Gasteiger partial charge in [-0.15, -0.1) is 0 Å². The number of hydrogen-bond acceptors (Lipinski definition) is 4. The molecule has 0 aliphatic heterocycles. The van der Waals surface area contributed by atoms with Crippen molar-refractivity contribution in [3.8, 4) is 0 Å². The van der Waals surface area contributed by atoms with Crippen LogP contribution in [-0.4, -0.2) is 52.3 Å². The third-order valence-electron chi connectivity index (χ3n) is 3.67. The first-order valence-corrected chi connectivity index (χ1v) is 8.99. The lowest BCUT2D eigenvalue weighted by molar-refractivity contribution is -0.137. The van der Waals surface area contributed by atoms with Crippen molar-refractivity contribution in [2.24, 2.45) is 0 Å². The Labute approximate surface area is 150 Å². The zero-order valence-electron chi connectivity index (χ0n) is 15.7. The summed E-state index contributed by atoms with van der Waals surface area (Å²) in [6, 6.07) is 8.05. The van der Waals surface area contributed by atoms with E-state index in [4.69, 9.17) is 5.11 Å². The van der Waals surface area contributed by atoms with Crippen LogP contribution >= 0.6 is 0 Å². The van der Waals surface area contributed by atoms with E-state index in [0.717, 1.165) is 6.42 Å². The van der Waals surface area contributed by atoms with Crippen molar-refractivity contribution in [2.75, 3.05) is 13.1 Å². The number of aliphatic hydroxyl groups excluding tert-OH is 1. The predicted octanol–water partition coefficient (Wildman–Crippen LogP) is 2.73. The Morgan fingerprint density at radius 1 is 1.16 bits per heavy atom.